The lowest BCUT2D eigenvalue weighted by atomic mass is 10.0. The average molecular weight is 434 g/mol. The largest absolute Gasteiger partial charge is 0.341 e. The van der Waals surface area contributed by atoms with Crippen molar-refractivity contribution in [2.24, 2.45) is 5.92 Å². The zero-order valence-corrected chi connectivity index (χ0v) is 17.7. The summed E-state index contributed by atoms with van der Waals surface area (Å²) in [6.45, 7) is 5.96. The Kier molecular flexibility index (Phi) is 6.69. The van der Waals surface area contributed by atoms with Gasteiger partial charge in [-0.05, 0) is 37.0 Å². The maximum atomic E-state index is 12.8. The van der Waals surface area contributed by atoms with Gasteiger partial charge >= 0.3 is 0 Å². The van der Waals surface area contributed by atoms with Gasteiger partial charge in [-0.3, -0.25) is 9.69 Å². The predicted octanol–water partition coefficient (Wildman–Crippen LogP) is 2.56. The van der Waals surface area contributed by atoms with E-state index in [1.54, 1.807) is 0 Å². The summed E-state index contributed by atoms with van der Waals surface area (Å²) in [5, 5.41) is 0.545. The molecule has 0 aliphatic carbocycles. The van der Waals surface area contributed by atoms with Crippen LogP contribution in [0.1, 0.15) is 19.8 Å². The first-order valence-corrected chi connectivity index (χ1v) is 11.4. The Labute approximate surface area is 171 Å². The van der Waals surface area contributed by atoms with E-state index in [9.17, 15) is 13.2 Å². The molecule has 0 saturated carbocycles. The Morgan fingerprint density at radius 3 is 2.44 bits per heavy atom. The number of piperazine rings is 1. The van der Waals surface area contributed by atoms with Gasteiger partial charge in [0.1, 0.15) is 0 Å². The van der Waals surface area contributed by atoms with Crippen LogP contribution in [0.3, 0.4) is 0 Å². The molecule has 1 atom stereocenters. The van der Waals surface area contributed by atoms with E-state index in [2.05, 4.69) is 6.92 Å². The normalized spacial score (nSPS) is 22.8. The standard InChI is InChI=1S/C18H25Cl2N3O3S/c1-14-3-2-6-22(12-14)18(24)13-21-7-9-23(10-8-21)27(25,26)15-4-5-16(19)17(20)11-15/h4-5,11,14H,2-3,6-10,12-13H2,1H3. The summed E-state index contributed by atoms with van der Waals surface area (Å²) in [5.74, 6) is 0.693. The molecule has 3 rings (SSSR count). The Morgan fingerprint density at radius 2 is 1.81 bits per heavy atom. The van der Waals surface area contributed by atoms with Crippen molar-refractivity contribution in [3.63, 3.8) is 0 Å². The highest BCUT2D eigenvalue weighted by atomic mass is 35.5. The van der Waals surface area contributed by atoms with E-state index in [0.717, 1.165) is 19.5 Å². The molecule has 2 heterocycles. The van der Waals surface area contributed by atoms with Crippen molar-refractivity contribution in [3.05, 3.63) is 28.2 Å². The van der Waals surface area contributed by atoms with E-state index in [-0.39, 0.29) is 15.8 Å². The topological polar surface area (TPSA) is 60.9 Å². The first-order valence-electron chi connectivity index (χ1n) is 9.22. The minimum absolute atomic E-state index is 0.141. The molecule has 150 valence electrons. The van der Waals surface area contributed by atoms with Gasteiger partial charge in [0, 0.05) is 39.3 Å². The van der Waals surface area contributed by atoms with Crippen molar-refractivity contribution < 1.29 is 13.2 Å². The smallest absolute Gasteiger partial charge is 0.243 e. The van der Waals surface area contributed by atoms with Crippen molar-refractivity contribution in [2.45, 2.75) is 24.7 Å². The molecule has 9 heteroatoms. The molecule has 0 spiro atoms. The van der Waals surface area contributed by atoms with E-state index < -0.39 is 10.0 Å². The van der Waals surface area contributed by atoms with Crippen LogP contribution in [0.15, 0.2) is 23.1 Å². The van der Waals surface area contributed by atoms with Crippen LogP contribution in [0.25, 0.3) is 0 Å². The number of hydrogen-bond acceptors (Lipinski definition) is 4. The van der Waals surface area contributed by atoms with E-state index in [4.69, 9.17) is 23.2 Å². The van der Waals surface area contributed by atoms with Crippen LogP contribution < -0.4 is 0 Å². The number of hydrogen-bond donors (Lipinski definition) is 0. The molecular weight excluding hydrogens is 409 g/mol. The van der Waals surface area contributed by atoms with Crippen LogP contribution in [0.2, 0.25) is 10.0 Å². The molecule has 0 N–H and O–H groups in total. The van der Waals surface area contributed by atoms with E-state index in [0.29, 0.717) is 43.7 Å². The molecule has 1 amide bonds. The molecule has 0 radical (unpaired) electrons. The minimum atomic E-state index is -3.61. The van der Waals surface area contributed by atoms with Gasteiger partial charge in [0.15, 0.2) is 0 Å². The molecule has 2 aliphatic rings. The average Bonchev–Trinajstić information content (AvgIpc) is 2.64. The number of halogens is 2. The summed E-state index contributed by atoms with van der Waals surface area (Å²) in [6.07, 6.45) is 2.23. The van der Waals surface area contributed by atoms with Gasteiger partial charge < -0.3 is 4.90 Å². The van der Waals surface area contributed by atoms with Gasteiger partial charge in [-0.2, -0.15) is 4.31 Å². The Morgan fingerprint density at radius 1 is 1.11 bits per heavy atom. The second-order valence-electron chi connectivity index (χ2n) is 7.34. The lowest BCUT2D eigenvalue weighted by Crippen LogP contribution is -2.52. The molecule has 6 nitrogen and oxygen atoms in total. The Balaban J connectivity index is 1.56. The van der Waals surface area contributed by atoms with Gasteiger partial charge in [-0.15, -0.1) is 0 Å². The number of nitrogens with zero attached hydrogens (tertiary/aromatic N) is 3. The van der Waals surface area contributed by atoms with Gasteiger partial charge in [0.05, 0.1) is 21.5 Å². The highest BCUT2D eigenvalue weighted by molar-refractivity contribution is 7.89. The van der Waals surface area contributed by atoms with Crippen molar-refractivity contribution in [1.82, 2.24) is 14.1 Å². The minimum Gasteiger partial charge on any atom is -0.341 e. The summed E-state index contributed by atoms with van der Waals surface area (Å²) >= 11 is 11.8. The van der Waals surface area contributed by atoms with E-state index in [1.165, 1.54) is 28.9 Å². The first-order chi connectivity index (χ1) is 12.8. The zero-order chi connectivity index (χ0) is 19.6. The molecule has 0 aromatic heterocycles. The van der Waals surface area contributed by atoms with Crippen molar-refractivity contribution >= 4 is 39.1 Å². The van der Waals surface area contributed by atoms with Crippen LogP contribution in [0.4, 0.5) is 0 Å². The third kappa shape index (κ3) is 4.95. The van der Waals surface area contributed by atoms with E-state index >= 15 is 0 Å². The molecule has 2 aliphatic heterocycles. The lowest BCUT2D eigenvalue weighted by molar-refractivity contribution is -0.134. The Bertz CT molecular complexity index is 795. The van der Waals surface area contributed by atoms with Gasteiger partial charge in [-0.1, -0.05) is 30.1 Å². The molecule has 0 bridgehead atoms. The molecular formula is C18H25Cl2N3O3S. The molecule has 27 heavy (non-hydrogen) atoms. The maximum Gasteiger partial charge on any atom is 0.243 e. The number of amides is 1. The summed E-state index contributed by atoms with van der Waals surface area (Å²) in [6, 6.07) is 4.34. The second kappa shape index (κ2) is 8.66. The second-order valence-corrected chi connectivity index (χ2v) is 10.1. The van der Waals surface area contributed by atoms with Crippen LogP contribution in [-0.4, -0.2) is 74.2 Å². The van der Waals surface area contributed by atoms with Crippen LogP contribution >= 0.6 is 23.2 Å². The van der Waals surface area contributed by atoms with Crippen molar-refractivity contribution in [2.75, 3.05) is 45.8 Å². The number of carbonyl (C=O) groups is 1. The summed E-state index contributed by atoms with van der Waals surface area (Å²) in [7, 11) is -3.61. The quantitative estimate of drug-likeness (QED) is 0.731. The number of rotatable bonds is 4. The third-order valence-corrected chi connectivity index (χ3v) is 7.86. The SMILES string of the molecule is CC1CCCN(C(=O)CN2CCN(S(=O)(=O)c3ccc(Cl)c(Cl)c3)CC2)C1. The highest BCUT2D eigenvalue weighted by Gasteiger charge is 2.30. The van der Waals surface area contributed by atoms with Gasteiger partial charge in [0.25, 0.3) is 0 Å². The number of sulfonamides is 1. The number of likely N-dealkylation sites (tertiary alicyclic amines) is 1. The number of benzene rings is 1. The maximum absolute atomic E-state index is 12.8. The fourth-order valence-electron chi connectivity index (χ4n) is 3.62. The zero-order valence-electron chi connectivity index (χ0n) is 15.4. The fourth-order valence-corrected chi connectivity index (χ4v) is 5.43. The van der Waals surface area contributed by atoms with Gasteiger partial charge in [0.2, 0.25) is 15.9 Å². The van der Waals surface area contributed by atoms with Crippen molar-refractivity contribution in [3.8, 4) is 0 Å². The summed E-state index contributed by atoms with van der Waals surface area (Å²) in [4.78, 5) is 16.6. The molecule has 1 unspecified atom stereocenters. The number of piperidine rings is 1. The Hall–Kier alpha value is -0.860. The fraction of sp³-hybridized carbons (Fsp3) is 0.611. The molecule has 2 fully saturated rings. The third-order valence-electron chi connectivity index (χ3n) is 5.23. The molecule has 1 aromatic rings. The summed E-state index contributed by atoms with van der Waals surface area (Å²) < 4.78 is 27.0. The van der Waals surface area contributed by atoms with Crippen LogP contribution in [0, 0.1) is 5.92 Å². The highest BCUT2D eigenvalue weighted by Crippen LogP contribution is 2.27. The number of carbonyl (C=O) groups excluding carboxylic acids is 1. The van der Waals surface area contributed by atoms with Crippen LogP contribution in [0.5, 0.6) is 0 Å². The van der Waals surface area contributed by atoms with Crippen LogP contribution in [-0.2, 0) is 14.8 Å². The lowest BCUT2D eigenvalue weighted by Gasteiger charge is -2.36. The van der Waals surface area contributed by atoms with Crippen molar-refractivity contribution in [1.29, 1.82) is 0 Å². The van der Waals surface area contributed by atoms with E-state index in [1.807, 2.05) is 9.80 Å². The molecule has 2 saturated heterocycles. The van der Waals surface area contributed by atoms with Gasteiger partial charge in [-0.25, -0.2) is 8.42 Å². The predicted molar refractivity (Wildman–Crippen MR) is 107 cm³/mol. The first kappa shape index (κ1) is 20.9. The molecule has 1 aromatic carbocycles. The summed E-state index contributed by atoms with van der Waals surface area (Å²) in [5.41, 5.74) is 0. The monoisotopic (exact) mass is 433 g/mol.